The van der Waals surface area contributed by atoms with Crippen molar-refractivity contribution in [3.8, 4) is 34.4 Å². The summed E-state index contributed by atoms with van der Waals surface area (Å²) in [6.07, 6.45) is -0.0384. The van der Waals surface area contributed by atoms with E-state index in [4.69, 9.17) is 5.26 Å². The molecule has 1 amide bonds. The van der Waals surface area contributed by atoms with Gasteiger partial charge in [0.1, 0.15) is 0 Å². The Kier molecular flexibility index (Phi) is 6.32. The molecule has 0 aliphatic rings. The molecule has 0 saturated carbocycles. The summed E-state index contributed by atoms with van der Waals surface area (Å²) in [6, 6.07) is 18.3. The van der Waals surface area contributed by atoms with E-state index in [-0.39, 0.29) is 22.9 Å². The number of benzene rings is 1. The summed E-state index contributed by atoms with van der Waals surface area (Å²) in [6.45, 7) is 0. The average Bonchev–Trinajstić information content (AvgIpc) is 3.40. The molecule has 5 rings (SSSR count). The molecule has 0 fully saturated rings. The number of nitrogens with zero attached hydrogens (tertiary/aromatic N) is 7. The van der Waals surface area contributed by atoms with Gasteiger partial charge in [-0.25, -0.2) is 4.68 Å². The predicted molar refractivity (Wildman–Crippen MR) is 130 cm³/mol. The van der Waals surface area contributed by atoms with E-state index in [1.165, 1.54) is 30.5 Å². The van der Waals surface area contributed by atoms with Gasteiger partial charge < -0.3 is 5.32 Å². The lowest BCUT2D eigenvalue weighted by atomic mass is 10.1. The topological polar surface area (TPSA) is 122 Å². The van der Waals surface area contributed by atoms with Crippen LogP contribution in [0.3, 0.4) is 0 Å². The number of aromatic nitrogens is 6. The molecule has 0 radical (unpaired) electrons. The number of carbonyl (C=O) groups is 1. The smallest absolute Gasteiger partial charge is 0.305 e. The number of nitriles is 1. The van der Waals surface area contributed by atoms with Gasteiger partial charge in [-0.1, -0.05) is 6.07 Å². The van der Waals surface area contributed by atoms with Crippen LogP contribution in [0.15, 0.2) is 85.3 Å². The molecule has 0 unspecified atom stereocenters. The molecule has 0 bridgehead atoms. The van der Waals surface area contributed by atoms with Crippen molar-refractivity contribution in [2.75, 3.05) is 5.32 Å². The Hall–Kier alpha value is -5.44. The van der Waals surface area contributed by atoms with E-state index < -0.39 is 17.8 Å². The second-order valence-corrected chi connectivity index (χ2v) is 7.92. The molecule has 9 nitrogen and oxygen atoms in total. The fourth-order valence-electron chi connectivity index (χ4n) is 3.55. The second-order valence-electron chi connectivity index (χ2n) is 7.92. The lowest BCUT2D eigenvalue weighted by Gasteiger charge is -2.09. The zero-order valence-electron chi connectivity index (χ0n) is 19.3. The third kappa shape index (κ3) is 5.07. The number of rotatable bonds is 5. The van der Waals surface area contributed by atoms with Gasteiger partial charge in [-0.3, -0.25) is 14.8 Å². The summed E-state index contributed by atoms with van der Waals surface area (Å²) in [4.78, 5) is 20.8. The lowest BCUT2D eigenvalue weighted by molar-refractivity contribution is -0.142. The van der Waals surface area contributed by atoms with Crippen LogP contribution in [0, 0.1) is 11.3 Å². The zero-order valence-corrected chi connectivity index (χ0v) is 19.3. The van der Waals surface area contributed by atoms with Crippen LogP contribution in [0.5, 0.6) is 0 Å². The third-order valence-corrected chi connectivity index (χ3v) is 5.38. The number of nitrogens with one attached hydrogen (secondary N) is 1. The van der Waals surface area contributed by atoms with Crippen LogP contribution in [-0.4, -0.2) is 35.9 Å². The van der Waals surface area contributed by atoms with Crippen molar-refractivity contribution < 1.29 is 18.0 Å². The van der Waals surface area contributed by atoms with E-state index in [2.05, 4.69) is 30.6 Å². The van der Waals surface area contributed by atoms with Crippen LogP contribution in [0.2, 0.25) is 0 Å². The van der Waals surface area contributed by atoms with Gasteiger partial charge in [0.15, 0.2) is 17.3 Å². The second kappa shape index (κ2) is 9.90. The molecule has 0 aliphatic carbocycles. The highest BCUT2D eigenvalue weighted by atomic mass is 19.4. The van der Waals surface area contributed by atoms with Crippen molar-refractivity contribution in [3.05, 3.63) is 102 Å². The molecule has 4 aromatic heterocycles. The van der Waals surface area contributed by atoms with E-state index in [1.54, 1.807) is 42.7 Å². The molecule has 38 heavy (non-hydrogen) atoms. The summed E-state index contributed by atoms with van der Waals surface area (Å²) in [5, 5.41) is 23.2. The van der Waals surface area contributed by atoms with Gasteiger partial charge in [0.05, 0.1) is 23.0 Å². The van der Waals surface area contributed by atoms with E-state index in [0.29, 0.717) is 21.5 Å². The fourth-order valence-corrected chi connectivity index (χ4v) is 3.55. The highest BCUT2D eigenvalue weighted by Gasteiger charge is 2.37. The zero-order chi connectivity index (χ0) is 26.7. The Morgan fingerprint density at radius 2 is 1.76 bits per heavy atom. The summed E-state index contributed by atoms with van der Waals surface area (Å²) >= 11 is 0. The minimum atomic E-state index is -4.73. The summed E-state index contributed by atoms with van der Waals surface area (Å²) in [5.41, 5.74) is 1.26. The number of halogens is 3. The number of amides is 1. The maximum absolute atomic E-state index is 13.8. The first-order valence-electron chi connectivity index (χ1n) is 11.0. The minimum absolute atomic E-state index is 0.0113. The van der Waals surface area contributed by atoms with E-state index in [1.807, 2.05) is 12.1 Å². The molecule has 5 aromatic rings. The Labute approximate surface area is 213 Å². The Bertz CT molecular complexity index is 1640. The van der Waals surface area contributed by atoms with Crippen molar-refractivity contribution in [2.24, 2.45) is 0 Å². The molecular weight excluding hydrogens is 497 g/mol. The van der Waals surface area contributed by atoms with E-state index in [0.717, 1.165) is 11.6 Å². The molecule has 1 aromatic carbocycles. The SMILES string of the molecule is N#Cc1cccc(C(=O)Nc2ccc(-n3nc(-c4ccc(-c5cccnc5)nc4)cc3C(F)(F)F)nn2)c1. The van der Waals surface area contributed by atoms with Gasteiger partial charge in [0.2, 0.25) is 0 Å². The molecule has 186 valence electrons. The maximum Gasteiger partial charge on any atom is 0.433 e. The number of carbonyl (C=O) groups excluding carboxylic acids is 1. The van der Waals surface area contributed by atoms with Gasteiger partial charge in [-0.05, 0) is 60.7 Å². The number of alkyl halides is 3. The Morgan fingerprint density at radius 3 is 2.42 bits per heavy atom. The van der Waals surface area contributed by atoms with Gasteiger partial charge in [0.25, 0.3) is 5.91 Å². The van der Waals surface area contributed by atoms with Crippen molar-refractivity contribution in [1.82, 2.24) is 29.9 Å². The van der Waals surface area contributed by atoms with Crippen LogP contribution in [0.25, 0.3) is 28.3 Å². The van der Waals surface area contributed by atoms with Gasteiger partial charge >= 0.3 is 6.18 Å². The number of pyridine rings is 2. The monoisotopic (exact) mass is 512 g/mol. The first-order valence-corrected chi connectivity index (χ1v) is 11.0. The van der Waals surface area contributed by atoms with Crippen molar-refractivity contribution in [2.45, 2.75) is 6.18 Å². The van der Waals surface area contributed by atoms with Crippen molar-refractivity contribution >= 4 is 11.7 Å². The molecule has 0 spiro atoms. The van der Waals surface area contributed by atoms with Crippen LogP contribution >= 0.6 is 0 Å². The summed E-state index contributed by atoms with van der Waals surface area (Å²) in [7, 11) is 0. The molecular formula is C26H15F3N8O. The molecule has 0 atom stereocenters. The molecule has 0 saturated heterocycles. The average molecular weight is 512 g/mol. The van der Waals surface area contributed by atoms with Crippen molar-refractivity contribution in [3.63, 3.8) is 0 Å². The number of hydrogen-bond acceptors (Lipinski definition) is 7. The number of anilines is 1. The minimum Gasteiger partial charge on any atom is -0.305 e. The summed E-state index contributed by atoms with van der Waals surface area (Å²) in [5.74, 6) is -0.742. The van der Waals surface area contributed by atoms with Crippen LogP contribution in [-0.2, 0) is 6.18 Å². The Balaban J connectivity index is 1.41. The van der Waals surface area contributed by atoms with Crippen LogP contribution in [0.4, 0.5) is 19.0 Å². The first kappa shape index (κ1) is 24.3. The standard InChI is InChI=1S/C26H15F3N8O/c27-26(28,29)22-12-21(19-6-7-20(32-15-19)18-5-2-10-31-14-18)36-37(22)24-9-8-23(34-35-24)33-25(38)17-4-1-3-16(11-17)13-30/h1-12,14-15H,(H,33,34,38). The van der Waals surface area contributed by atoms with Gasteiger partial charge in [-0.15, -0.1) is 10.2 Å². The third-order valence-electron chi connectivity index (χ3n) is 5.38. The first-order chi connectivity index (χ1) is 18.3. The lowest BCUT2D eigenvalue weighted by Crippen LogP contribution is -2.16. The van der Waals surface area contributed by atoms with Gasteiger partial charge in [-0.2, -0.15) is 23.5 Å². The van der Waals surface area contributed by atoms with Gasteiger partial charge in [0, 0.05) is 35.3 Å². The molecule has 0 aliphatic heterocycles. The fraction of sp³-hybridized carbons (Fsp3) is 0.0385. The van der Waals surface area contributed by atoms with Crippen LogP contribution in [0.1, 0.15) is 21.6 Å². The maximum atomic E-state index is 13.8. The highest BCUT2D eigenvalue weighted by Crippen LogP contribution is 2.34. The normalized spacial score (nSPS) is 11.1. The molecule has 1 N–H and O–H groups in total. The summed E-state index contributed by atoms with van der Waals surface area (Å²) < 4.78 is 42.2. The predicted octanol–water partition coefficient (Wildman–Crippen LogP) is 4.93. The largest absolute Gasteiger partial charge is 0.433 e. The van der Waals surface area contributed by atoms with Crippen molar-refractivity contribution in [1.29, 1.82) is 5.26 Å². The van der Waals surface area contributed by atoms with E-state index in [9.17, 15) is 18.0 Å². The Morgan fingerprint density at radius 1 is 0.921 bits per heavy atom. The van der Waals surface area contributed by atoms with Crippen LogP contribution < -0.4 is 5.32 Å². The number of hydrogen-bond donors (Lipinski definition) is 1. The highest BCUT2D eigenvalue weighted by molar-refractivity contribution is 6.03. The quantitative estimate of drug-likeness (QED) is 0.354. The van der Waals surface area contributed by atoms with E-state index >= 15 is 0 Å². The molecule has 12 heteroatoms. The molecule has 4 heterocycles.